The van der Waals surface area contributed by atoms with Crippen LogP contribution in [0.5, 0.6) is 0 Å². The van der Waals surface area contributed by atoms with Gasteiger partial charge < -0.3 is 5.11 Å². The summed E-state index contributed by atoms with van der Waals surface area (Å²) in [6, 6.07) is 5.22. The number of hydrogen-bond acceptors (Lipinski definition) is 3. The van der Waals surface area contributed by atoms with Crippen molar-refractivity contribution in [3.05, 3.63) is 29.8 Å². The summed E-state index contributed by atoms with van der Waals surface area (Å²) >= 11 is 0. The predicted molar refractivity (Wildman–Crippen MR) is 53.9 cm³/mol. The maximum atomic E-state index is 12.8. The van der Waals surface area contributed by atoms with Crippen molar-refractivity contribution in [2.45, 2.75) is 11.3 Å². The summed E-state index contributed by atoms with van der Waals surface area (Å²) in [4.78, 5) is 9.63. The van der Waals surface area contributed by atoms with Gasteiger partial charge in [0.1, 0.15) is 11.3 Å². The zero-order valence-corrected chi connectivity index (χ0v) is 8.79. The van der Waals surface area contributed by atoms with Crippen LogP contribution < -0.4 is 0 Å². The Bertz CT molecular complexity index is 566. The Hall–Kier alpha value is -1.87. The van der Waals surface area contributed by atoms with Crippen LogP contribution in [0.15, 0.2) is 29.2 Å². The molecule has 0 saturated heterocycles. The summed E-state index contributed by atoms with van der Waals surface area (Å²) in [6.45, 7) is 0. The topological polar surface area (TPSA) is 71.4 Å². The molecule has 0 atom stereocenters. The molecule has 1 rings (SSSR count). The Morgan fingerprint density at radius 3 is 2.56 bits per heavy atom. The van der Waals surface area contributed by atoms with Crippen molar-refractivity contribution in [1.29, 1.82) is 0 Å². The van der Waals surface area contributed by atoms with Crippen molar-refractivity contribution in [3.8, 4) is 11.8 Å². The molecule has 0 unspecified atom stereocenters. The fraction of sp³-hybridized carbons (Fsp3) is 0.100. The Morgan fingerprint density at radius 2 is 2.00 bits per heavy atom. The van der Waals surface area contributed by atoms with Crippen LogP contribution in [0.1, 0.15) is 12.0 Å². The second-order valence-electron chi connectivity index (χ2n) is 2.81. The molecule has 0 fully saturated rings. The maximum absolute atomic E-state index is 12.8. The van der Waals surface area contributed by atoms with Crippen LogP contribution in [-0.4, -0.2) is 19.5 Å². The van der Waals surface area contributed by atoms with Crippen LogP contribution in [0.4, 0.5) is 3.89 Å². The molecule has 0 aliphatic carbocycles. The highest BCUT2D eigenvalue weighted by Gasteiger charge is 2.15. The number of carboxylic acids is 1. The average Bonchev–Trinajstić information content (AvgIpc) is 2.16. The van der Waals surface area contributed by atoms with Crippen LogP contribution in [0.3, 0.4) is 0 Å². The fourth-order valence-electron chi connectivity index (χ4n) is 0.998. The second-order valence-corrected chi connectivity index (χ2v) is 4.12. The first-order valence-electron chi connectivity index (χ1n) is 4.15. The number of halogens is 1. The second kappa shape index (κ2) is 4.77. The van der Waals surface area contributed by atoms with Gasteiger partial charge in [0.2, 0.25) is 0 Å². The minimum absolute atomic E-state index is 0.0498. The summed E-state index contributed by atoms with van der Waals surface area (Å²) in [5.74, 6) is 3.40. The van der Waals surface area contributed by atoms with Crippen LogP contribution in [-0.2, 0) is 15.0 Å². The number of carboxylic acid groups (broad SMARTS) is 1. The maximum Gasteiger partial charge on any atom is 0.333 e. The zero-order valence-electron chi connectivity index (χ0n) is 7.97. The number of rotatable bonds is 2. The van der Waals surface area contributed by atoms with E-state index in [4.69, 9.17) is 5.11 Å². The SMILES string of the molecule is O=C(O)CC#Cc1ccccc1S(=O)(=O)F. The zero-order chi connectivity index (χ0) is 12.2. The van der Waals surface area contributed by atoms with Gasteiger partial charge in [0.25, 0.3) is 0 Å². The molecule has 0 aliphatic rings. The van der Waals surface area contributed by atoms with Gasteiger partial charge in [0.05, 0.1) is 0 Å². The number of aliphatic carboxylic acids is 1. The third-order valence-corrected chi connectivity index (χ3v) is 2.49. The molecule has 0 amide bonds. The van der Waals surface area contributed by atoms with Gasteiger partial charge in [0.15, 0.2) is 0 Å². The van der Waals surface area contributed by atoms with Crippen molar-refractivity contribution in [1.82, 2.24) is 0 Å². The summed E-state index contributed by atoms with van der Waals surface area (Å²) in [5, 5.41) is 8.33. The van der Waals surface area contributed by atoms with Gasteiger partial charge in [-0.15, -0.1) is 3.89 Å². The van der Waals surface area contributed by atoms with E-state index >= 15 is 0 Å². The lowest BCUT2D eigenvalue weighted by Crippen LogP contribution is -1.96. The quantitative estimate of drug-likeness (QED) is 0.624. The summed E-state index contributed by atoms with van der Waals surface area (Å²) < 4.78 is 34.2. The molecule has 0 bridgehead atoms. The van der Waals surface area contributed by atoms with Crippen molar-refractivity contribution >= 4 is 16.2 Å². The summed E-state index contributed by atoms with van der Waals surface area (Å²) in [5.41, 5.74) is -0.0498. The monoisotopic (exact) mass is 242 g/mol. The molecule has 4 nitrogen and oxygen atoms in total. The lowest BCUT2D eigenvalue weighted by molar-refractivity contribution is -0.135. The van der Waals surface area contributed by atoms with Crippen molar-refractivity contribution in [3.63, 3.8) is 0 Å². The molecule has 0 radical (unpaired) electrons. The van der Waals surface area contributed by atoms with E-state index in [1.54, 1.807) is 0 Å². The van der Waals surface area contributed by atoms with Gasteiger partial charge in [-0.1, -0.05) is 24.0 Å². The first-order chi connectivity index (χ1) is 7.41. The summed E-state index contributed by atoms with van der Waals surface area (Å²) in [6.07, 6.45) is -0.430. The van der Waals surface area contributed by atoms with Crippen molar-refractivity contribution < 1.29 is 22.2 Å². The highest BCUT2D eigenvalue weighted by Crippen LogP contribution is 2.16. The smallest absolute Gasteiger partial charge is 0.333 e. The van der Waals surface area contributed by atoms with E-state index < -0.39 is 27.5 Å². The van der Waals surface area contributed by atoms with Gasteiger partial charge in [-0.05, 0) is 12.1 Å². The van der Waals surface area contributed by atoms with E-state index in [1.807, 2.05) is 0 Å². The standard InChI is InChI=1S/C10H7FO4S/c11-16(14,15)9-6-2-1-4-8(9)5-3-7-10(12)13/h1-2,4,6H,7H2,(H,12,13). The third kappa shape index (κ3) is 3.37. The number of benzene rings is 1. The van der Waals surface area contributed by atoms with Crippen LogP contribution in [0.2, 0.25) is 0 Å². The minimum atomic E-state index is -4.83. The van der Waals surface area contributed by atoms with Gasteiger partial charge in [0, 0.05) is 5.56 Å². The summed E-state index contributed by atoms with van der Waals surface area (Å²) in [7, 11) is -4.83. The highest BCUT2D eigenvalue weighted by atomic mass is 32.3. The molecule has 0 heterocycles. The van der Waals surface area contributed by atoms with Crippen molar-refractivity contribution in [2.75, 3.05) is 0 Å². The van der Waals surface area contributed by atoms with Gasteiger partial charge in [-0.3, -0.25) is 4.79 Å². The van der Waals surface area contributed by atoms with Crippen LogP contribution >= 0.6 is 0 Å². The molecule has 6 heteroatoms. The first kappa shape index (κ1) is 12.2. The molecule has 0 spiro atoms. The molecule has 1 aromatic carbocycles. The van der Waals surface area contributed by atoms with Gasteiger partial charge in [-0.2, -0.15) is 8.42 Å². The Kier molecular flexibility index (Phi) is 3.64. The average molecular weight is 242 g/mol. The Labute approximate surface area is 91.9 Å². The molecule has 0 aromatic heterocycles. The van der Waals surface area contributed by atoms with E-state index in [0.29, 0.717) is 0 Å². The number of hydrogen-bond donors (Lipinski definition) is 1. The van der Waals surface area contributed by atoms with E-state index in [1.165, 1.54) is 18.2 Å². The van der Waals surface area contributed by atoms with E-state index in [2.05, 4.69) is 11.8 Å². The van der Waals surface area contributed by atoms with Gasteiger partial charge >= 0.3 is 16.2 Å². The molecule has 0 aliphatic heterocycles. The van der Waals surface area contributed by atoms with E-state index in [9.17, 15) is 17.1 Å². The first-order valence-corrected chi connectivity index (χ1v) is 5.54. The normalized spacial score (nSPS) is 10.3. The Balaban J connectivity index is 3.14. The Morgan fingerprint density at radius 1 is 1.38 bits per heavy atom. The molecule has 1 aromatic rings. The lowest BCUT2D eigenvalue weighted by atomic mass is 10.2. The highest BCUT2D eigenvalue weighted by molar-refractivity contribution is 7.86. The minimum Gasteiger partial charge on any atom is -0.481 e. The van der Waals surface area contributed by atoms with Crippen molar-refractivity contribution in [2.24, 2.45) is 0 Å². The third-order valence-electron chi connectivity index (χ3n) is 1.61. The van der Waals surface area contributed by atoms with Crippen LogP contribution in [0.25, 0.3) is 0 Å². The van der Waals surface area contributed by atoms with E-state index in [0.717, 1.165) is 6.07 Å². The fourth-order valence-corrected chi connectivity index (χ4v) is 1.62. The molecular weight excluding hydrogens is 235 g/mol. The predicted octanol–water partition coefficient (Wildman–Crippen LogP) is 1.17. The molecule has 0 saturated carbocycles. The number of carbonyl (C=O) groups is 1. The largest absolute Gasteiger partial charge is 0.481 e. The van der Waals surface area contributed by atoms with Crippen LogP contribution in [0, 0.1) is 11.8 Å². The molecule has 16 heavy (non-hydrogen) atoms. The van der Waals surface area contributed by atoms with E-state index in [-0.39, 0.29) is 5.56 Å². The van der Waals surface area contributed by atoms with Gasteiger partial charge in [-0.25, -0.2) is 0 Å². The molecule has 84 valence electrons. The lowest BCUT2D eigenvalue weighted by Gasteiger charge is -1.97. The molecular formula is C10H7FO4S. The molecule has 1 N–H and O–H groups in total.